The Labute approximate surface area is 114 Å². The highest BCUT2D eigenvalue weighted by atomic mass is 19.4. The minimum atomic E-state index is -5.30. The Balaban J connectivity index is 2.50. The van der Waals surface area contributed by atoms with Crippen LogP contribution in [0.3, 0.4) is 0 Å². The van der Waals surface area contributed by atoms with Crippen LogP contribution in [0.15, 0.2) is 12.1 Å². The number of rotatable bonds is 1. The molecule has 0 aromatic heterocycles. The van der Waals surface area contributed by atoms with Crippen molar-refractivity contribution in [3.8, 4) is 0 Å². The predicted molar refractivity (Wildman–Crippen MR) is 58.1 cm³/mol. The highest BCUT2D eigenvalue weighted by molar-refractivity contribution is 5.87. The monoisotopic (exact) mass is 309 g/mol. The second-order valence-electron chi connectivity index (χ2n) is 4.48. The summed E-state index contributed by atoms with van der Waals surface area (Å²) in [6, 6.07) is -0.428. The molecule has 1 aliphatic rings. The first-order valence-electron chi connectivity index (χ1n) is 5.69. The van der Waals surface area contributed by atoms with Crippen LogP contribution in [-0.2, 0) is 22.6 Å². The van der Waals surface area contributed by atoms with Gasteiger partial charge in [-0.05, 0) is 17.7 Å². The van der Waals surface area contributed by atoms with Crippen molar-refractivity contribution in [2.45, 2.75) is 25.2 Å². The number of aliphatic carboxylic acids is 1. The zero-order valence-corrected chi connectivity index (χ0v) is 10.2. The van der Waals surface area contributed by atoms with Gasteiger partial charge in [0, 0.05) is 12.0 Å². The van der Waals surface area contributed by atoms with Crippen LogP contribution in [0.5, 0.6) is 0 Å². The molecular weight excluding hydrogens is 301 g/mol. The summed E-state index contributed by atoms with van der Waals surface area (Å²) in [5.41, 5.74) is -0.765. The fourth-order valence-electron chi connectivity index (χ4n) is 2.21. The van der Waals surface area contributed by atoms with Gasteiger partial charge in [-0.25, -0.2) is 13.6 Å². The van der Waals surface area contributed by atoms with Crippen molar-refractivity contribution >= 4 is 11.9 Å². The van der Waals surface area contributed by atoms with Gasteiger partial charge in [0.2, 0.25) is 0 Å². The number of carbonyl (C=O) groups is 2. The molecule has 0 saturated heterocycles. The van der Waals surface area contributed by atoms with E-state index in [1.165, 1.54) is 0 Å². The molecule has 0 bridgehead atoms. The number of alkyl halides is 3. The molecule has 21 heavy (non-hydrogen) atoms. The number of benzene rings is 1. The highest BCUT2D eigenvalue weighted by Crippen LogP contribution is 2.31. The molecule has 1 N–H and O–H groups in total. The van der Waals surface area contributed by atoms with E-state index in [0.29, 0.717) is 6.07 Å². The third-order valence-corrected chi connectivity index (χ3v) is 3.21. The molecule has 0 aliphatic carbocycles. The lowest BCUT2D eigenvalue weighted by atomic mass is 9.93. The first-order valence-corrected chi connectivity index (χ1v) is 5.69. The summed E-state index contributed by atoms with van der Waals surface area (Å²) in [6.07, 6.45) is -6.02. The zero-order valence-electron chi connectivity index (χ0n) is 10.2. The average Bonchev–Trinajstić information content (AvgIpc) is 2.39. The van der Waals surface area contributed by atoms with Crippen LogP contribution in [0.25, 0.3) is 0 Å². The van der Waals surface area contributed by atoms with Gasteiger partial charge in [0.1, 0.15) is 17.7 Å². The van der Waals surface area contributed by atoms with Gasteiger partial charge < -0.3 is 10.0 Å². The quantitative estimate of drug-likeness (QED) is 0.806. The third kappa shape index (κ3) is 2.67. The smallest absolute Gasteiger partial charge is 0.471 e. The van der Waals surface area contributed by atoms with Crippen LogP contribution in [0, 0.1) is 11.6 Å². The summed E-state index contributed by atoms with van der Waals surface area (Å²) in [4.78, 5) is 22.3. The summed E-state index contributed by atoms with van der Waals surface area (Å²) in [7, 11) is 0. The summed E-state index contributed by atoms with van der Waals surface area (Å²) in [5.74, 6) is -6.03. The Morgan fingerprint density at radius 3 is 2.14 bits per heavy atom. The maximum absolute atomic E-state index is 13.6. The molecule has 4 nitrogen and oxygen atoms in total. The minimum Gasteiger partial charge on any atom is -0.480 e. The normalized spacial score (nSPS) is 18.3. The van der Waals surface area contributed by atoms with Crippen LogP contribution >= 0.6 is 0 Å². The summed E-state index contributed by atoms with van der Waals surface area (Å²) in [5, 5.41) is 8.93. The SMILES string of the molecule is O=C(O)C1Cc2c(F)ccc(F)c2CN1C(=O)C(F)(F)F. The van der Waals surface area contributed by atoms with E-state index >= 15 is 0 Å². The van der Waals surface area contributed by atoms with Gasteiger partial charge in [-0.15, -0.1) is 0 Å². The molecule has 2 rings (SSSR count). The van der Waals surface area contributed by atoms with E-state index in [1.807, 2.05) is 0 Å². The number of hydrogen-bond acceptors (Lipinski definition) is 2. The first kappa shape index (κ1) is 15.2. The minimum absolute atomic E-state index is 0.00676. The molecule has 0 radical (unpaired) electrons. The maximum atomic E-state index is 13.6. The third-order valence-electron chi connectivity index (χ3n) is 3.21. The van der Waals surface area contributed by atoms with E-state index in [1.54, 1.807) is 0 Å². The fourth-order valence-corrected chi connectivity index (χ4v) is 2.21. The van der Waals surface area contributed by atoms with Crippen molar-refractivity contribution in [3.63, 3.8) is 0 Å². The lowest BCUT2D eigenvalue weighted by molar-refractivity contribution is -0.191. The second-order valence-corrected chi connectivity index (χ2v) is 4.48. The largest absolute Gasteiger partial charge is 0.480 e. The van der Waals surface area contributed by atoms with Gasteiger partial charge in [0.05, 0.1) is 6.54 Å². The van der Waals surface area contributed by atoms with E-state index in [2.05, 4.69) is 0 Å². The molecule has 1 amide bonds. The predicted octanol–water partition coefficient (Wildman–Crippen LogP) is 1.87. The van der Waals surface area contributed by atoms with Crippen molar-refractivity contribution in [2.75, 3.05) is 0 Å². The standard InChI is InChI=1S/C12H8F5NO3/c13-7-1-2-8(14)6-4-18(11(21)12(15,16)17)9(10(19)20)3-5(6)7/h1-2,9H,3-4H2,(H,19,20). The first-order chi connectivity index (χ1) is 9.62. The van der Waals surface area contributed by atoms with Gasteiger partial charge in [0.25, 0.3) is 0 Å². The van der Waals surface area contributed by atoms with Crippen LogP contribution in [0.4, 0.5) is 22.0 Å². The summed E-state index contributed by atoms with van der Waals surface area (Å²) >= 11 is 0. The molecule has 1 unspecified atom stereocenters. The fraction of sp³-hybridized carbons (Fsp3) is 0.333. The van der Waals surface area contributed by atoms with Crippen molar-refractivity contribution < 1.29 is 36.6 Å². The molecule has 0 saturated carbocycles. The molecular formula is C12H8F5NO3. The number of hydrogen-bond donors (Lipinski definition) is 1. The van der Waals surface area contributed by atoms with Gasteiger partial charge in [-0.1, -0.05) is 0 Å². The number of fused-ring (bicyclic) bond motifs is 1. The van der Waals surface area contributed by atoms with Crippen LogP contribution in [0.1, 0.15) is 11.1 Å². The maximum Gasteiger partial charge on any atom is 0.471 e. The molecule has 114 valence electrons. The number of halogens is 5. The highest BCUT2D eigenvalue weighted by Gasteiger charge is 2.48. The van der Waals surface area contributed by atoms with Crippen molar-refractivity contribution in [3.05, 3.63) is 34.9 Å². The van der Waals surface area contributed by atoms with Crippen LogP contribution in [0.2, 0.25) is 0 Å². The van der Waals surface area contributed by atoms with Crippen molar-refractivity contribution in [1.29, 1.82) is 0 Å². The summed E-state index contributed by atoms with van der Waals surface area (Å²) < 4.78 is 64.6. The molecule has 1 aromatic carbocycles. The molecule has 0 spiro atoms. The number of carbonyl (C=O) groups excluding carboxylic acids is 1. The van der Waals surface area contributed by atoms with Crippen LogP contribution in [-0.4, -0.2) is 34.1 Å². The lowest BCUT2D eigenvalue weighted by Gasteiger charge is -2.34. The Bertz CT molecular complexity index is 614. The van der Waals surface area contributed by atoms with E-state index < -0.39 is 54.3 Å². The van der Waals surface area contributed by atoms with Crippen molar-refractivity contribution in [2.24, 2.45) is 0 Å². The lowest BCUT2D eigenvalue weighted by Crippen LogP contribution is -2.53. The van der Waals surface area contributed by atoms with Gasteiger partial charge >= 0.3 is 18.1 Å². The number of amides is 1. The topological polar surface area (TPSA) is 57.6 Å². The Morgan fingerprint density at radius 2 is 1.67 bits per heavy atom. The van der Waals surface area contributed by atoms with E-state index in [0.717, 1.165) is 6.07 Å². The van der Waals surface area contributed by atoms with Crippen LogP contribution < -0.4 is 0 Å². The number of carboxylic acids is 1. The van der Waals surface area contributed by atoms with E-state index in [4.69, 9.17) is 5.11 Å². The van der Waals surface area contributed by atoms with Gasteiger partial charge in [-0.3, -0.25) is 4.79 Å². The second kappa shape index (κ2) is 4.97. The Morgan fingerprint density at radius 1 is 1.14 bits per heavy atom. The number of nitrogens with zero attached hydrogens (tertiary/aromatic N) is 1. The Kier molecular flexibility index (Phi) is 3.60. The summed E-state index contributed by atoms with van der Waals surface area (Å²) in [6.45, 7) is -0.950. The molecule has 1 aliphatic heterocycles. The molecule has 1 heterocycles. The van der Waals surface area contributed by atoms with Gasteiger partial charge in [0.15, 0.2) is 0 Å². The molecule has 1 atom stereocenters. The molecule has 9 heteroatoms. The van der Waals surface area contributed by atoms with Crippen molar-refractivity contribution in [1.82, 2.24) is 4.90 Å². The molecule has 1 aromatic rings. The Hall–Kier alpha value is -2.19. The van der Waals surface area contributed by atoms with Gasteiger partial charge in [-0.2, -0.15) is 13.2 Å². The average molecular weight is 309 g/mol. The molecule has 0 fully saturated rings. The zero-order chi connectivity index (χ0) is 15.9. The van der Waals surface area contributed by atoms with E-state index in [-0.39, 0.29) is 10.5 Å². The van der Waals surface area contributed by atoms with E-state index in [9.17, 15) is 31.5 Å². The number of carboxylic acid groups (broad SMARTS) is 1.